The van der Waals surface area contributed by atoms with Gasteiger partial charge in [0.2, 0.25) is 0 Å². The van der Waals surface area contributed by atoms with Crippen molar-refractivity contribution in [1.82, 2.24) is 0 Å². The smallest absolute Gasteiger partial charge is 0.272 e. The first-order valence-electron chi connectivity index (χ1n) is 10.6. The molecule has 5 heteroatoms. The van der Waals surface area contributed by atoms with Gasteiger partial charge in [-0.2, -0.15) is 0 Å². The van der Waals surface area contributed by atoms with E-state index < -0.39 is 0 Å². The maximum absolute atomic E-state index is 13.4. The molecule has 0 bridgehead atoms. The number of amides is 2. The lowest BCUT2D eigenvalue weighted by Gasteiger charge is -2.16. The molecule has 2 amide bonds. The summed E-state index contributed by atoms with van der Waals surface area (Å²) in [6, 6.07) is 26.5. The van der Waals surface area contributed by atoms with Crippen LogP contribution in [0.25, 0.3) is 5.57 Å². The van der Waals surface area contributed by atoms with Crippen molar-refractivity contribution in [3.05, 3.63) is 101 Å². The topological polar surface area (TPSA) is 46.6 Å². The van der Waals surface area contributed by atoms with Crippen LogP contribution in [0.5, 0.6) is 5.75 Å². The first kappa shape index (κ1) is 21.9. The SMILES string of the molecule is CC(C)COc1ccc(N2C(=O)C(SCc3ccccc3)=C(c3ccccc3)C2=O)cc1. The third-order valence-electron chi connectivity index (χ3n) is 5.01. The minimum atomic E-state index is -0.299. The Hall–Kier alpha value is -3.31. The summed E-state index contributed by atoms with van der Waals surface area (Å²) in [5.74, 6) is 1.16. The number of rotatable bonds is 8. The van der Waals surface area contributed by atoms with Crippen LogP contribution in [0.3, 0.4) is 0 Å². The van der Waals surface area contributed by atoms with Crippen molar-refractivity contribution in [3.8, 4) is 5.75 Å². The Labute approximate surface area is 192 Å². The number of nitrogens with zero attached hydrogens (tertiary/aromatic N) is 1. The molecule has 0 unspecified atom stereocenters. The molecule has 4 nitrogen and oxygen atoms in total. The van der Waals surface area contributed by atoms with Crippen LogP contribution in [0.15, 0.2) is 89.8 Å². The summed E-state index contributed by atoms with van der Waals surface area (Å²) in [5.41, 5.74) is 2.85. The maximum Gasteiger partial charge on any atom is 0.272 e. The lowest BCUT2D eigenvalue weighted by molar-refractivity contribution is -0.119. The number of carbonyl (C=O) groups excluding carboxylic acids is 2. The molecule has 0 saturated carbocycles. The Morgan fingerprint density at radius 3 is 2.06 bits per heavy atom. The monoisotopic (exact) mass is 443 g/mol. The van der Waals surface area contributed by atoms with Gasteiger partial charge < -0.3 is 4.74 Å². The highest BCUT2D eigenvalue weighted by atomic mass is 32.2. The van der Waals surface area contributed by atoms with Crippen LogP contribution < -0.4 is 9.64 Å². The fourth-order valence-corrected chi connectivity index (χ4v) is 4.49. The molecule has 1 aliphatic heterocycles. The average Bonchev–Trinajstić information content (AvgIpc) is 3.07. The highest BCUT2D eigenvalue weighted by molar-refractivity contribution is 8.03. The van der Waals surface area contributed by atoms with Crippen molar-refractivity contribution in [2.24, 2.45) is 5.92 Å². The first-order valence-corrected chi connectivity index (χ1v) is 11.6. The molecule has 32 heavy (non-hydrogen) atoms. The lowest BCUT2D eigenvalue weighted by atomic mass is 10.1. The Morgan fingerprint density at radius 1 is 0.812 bits per heavy atom. The van der Waals surface area contributed by atoms with Crippen molar-refractivity contribution >= 4 is 34.8 Å². The summed E-state index contributed by atoms with van der Waals surface area (Å²) < 4.78 is 5.73. The van der Waals surface area contributed by atoms with E-state index in [0.717, 1.165) is 16.9 Å². The second kappa shape index (κ2) is 9.88. The summed E-state index contributed by atoms with van der Waals surface area (Å²) >= 11 is 1.41. The predicted octanol–water partition coefficient (Wildman–Crippen LogP) is 5.94. The van der Waals surface area contributed by atoms with E-state index in [1.807, 2.05) is 60.7 Å². The van der Waals surface area contributed by atoms with E-state index in [1.54, 1.807) is 24.3 Å². The van der Waals surface area contributed by atoms with Gasteiger partial charge in [0.25, 0.3) is 11.8 Å². The fraction of sp³-hybridized carbons (Fsp3) is 0.185. The number of hydrogen-bond donors (Lipinski definition) is 0. The second-order valence-electron chi connectivity index (χ2n) is 7.99. The highest BCUT2D eigenvalue weighted by Crippen LogP contribution is 2.39. The van der Waals surface area contributed by atoms with Crippen molar-refractivity contribution in [2.45, 2.75) is 19.6 Å². The summed E-state index contributed by atoms with van der Waals surface area (Å²) in [6.45, 7) is 4.78. The van der Waals surface area contributed by atoms with Crippen molar-refractivity contribution in [3.63, 3.8) is 0 Å². The Morgan fingerprint density at radius 2 is 1.44 bits per heavy atom. The minimum absolute atomic E-state index is 0.286. The summed E-state index contributed by atoms with van der Waals surface area (Å²) in [5, 5.41) is 0. The van der Waals surface area contributed by atoms with Crippen LogP contribution in [0.4, 0.5) is 5.69 Å². The van der Waals surface area contributed by atoms with Gasteiger partial charge in [0.05, 0.1) is 22.8 Å². The first-order chi connectivity index (χ1) is 15.5. The van der Waals surface area contributed by atoms with Gasteiger partial charge in [-0.05, 0) is 41.3 Å². The molecule has 0 radical (unpaired) electrons. The normalized spacial score (nSPS) is 13.9. The van der Waals surface area contributed by atoms with E-state index in [0.29, 0.717) is 34.4 Å². The number of ether oxygens (including phenoxy) is 1. The molecule has 4 rings (SSSR count). The molecule has 0 aliphatic carbocycles. The van der Waals surface area contributed by atoms with Gasteiger partial charge in [-0.3, -0.25) is 9.59 Å². The largest absolute Gasteiger partial charge is 0.493 e. The third-order valence-corrected chi connectivity index (χ3v) is 6.15. The average molecular weight is 444 g/mol. The molecule has 0 fully saturated rings. The van der Waals surface area contributed by atoms with E-state index in [1.165, 1.54) is 16.7 Å². The van der Waals surface area contributed by atoms with Gasteiger partial charge >= 0.3 is 0 Å². The molecule has 0 N–H and O–H groups in total. The number of carbonyl (C=O) groups is 2. The van der Waals surface area contributed by atoms with Crippen LogP contribution in [0.2, 0.25) is 0 Å². The van der Waals surface area contributed by atoms with E-state index in [2.05, 4.69) is 13.8 Å². The molecule has 0 saturated heterocycles. The van der Waals surface area contributed by atoms with Gasteiger partial charge in [-0.15, -0.1) is 11.8 Å². The van der Waals surface area contributed by atoms with E-state index in [9.17, 15) is 9.59 Å². The third kappa shape index (κ3) is 4.78. The Balaban J connectivity index is 1.63. The molecule has 162 valence electrons. The Bertz CT molecular complexity index is 1120. The van der Waals surface area contributed by atoms with E-state index in [-0.39, 0.29) is 11.8 Å². The number of benzene rings is 3. The van der Waals surface area contributed by atoms with Crippen molar-refractivity contribution in [1.29, 1.82) is 0 Å². The zero-order chi connectivity index (χ0) is 22.5. The lowest BCUT2D eigenvalue weighted by Crippen LogP contribution is -2.31. The molecule has 0 atom stereocenters. The van der Waals surface area contributed by atoms with Gasteiger partial charge in [-0.1, -0.05) is 74.5 Å². The molecule has 1 aliphatic rings. The quantitative estimate of drug-likeness (QED) is 0.404. The van der Waals surface area contributed by atoms with Crippen molar-refractivity contribution in [2.75, 3.05) is 11.5 Å². The second-order valence-corrected chi connectivity index (χ2v) is 8.97. The van der Waals surface area contributed by atoms with Crippen LogP contribution in [-0.4, -0.2) is 18.4 Å². The minimum Gasteiger partial charge on any atom is -0.493 e. The van der Waals surface area contributed by atoms with Crippen LogP contribution >= 0.6 is 11.8 Å². The zero-order valence-electron chi connectivity index (χ0n) is 18.2. The molecule has 0 aromatic heterocycles. The molecular formula is C27H25NO3S. The predicted molar refractivity (Wildman–Crippen MR) is 130 cm³/mol. The number of thioether (sulfide) groups is 1. The van der Waals surface area contributed by atoms with Gasteiger partial charge in [-0.25, -0.2) is 4.90 Å². The summed E-state index contributed by atoms with van der Waals surface area (Å²) in [4.78, 5) is 28.6. The highest BCUT2D eigenvalue weighted by Gasteiger charge is 2.40. The number of anilines is 1. The Kier molecular flexibility index (Phi) is 6.76. The maximum atomic E-state index is 13.4. The number of hydrogen-bond acceptors (Lipinski definition) is 4. The van der Waals surface area contributed by atoms with Crippen LogP contribution in [-0.2, 0) is 15.3 Å². The molecule has 3 aromatic carbocycles. The van der Waals surface area contributed by atoms with Gasteiger partial charge in [0.15, 0.2) is 0 Å². The van der Waals surface area contributed by atoms with Gasteiger partial charge in [0.1, 0.15) is 5.75 Å². The molecule has 1 heterocycles. The summed E-state index contributed by atoms with van der Waals surface area (Å²) in [6.07, 6.45) is 0. The fourth-order valence-electron chi connectivity index (χ4n) is 3.42. The number of imide groups is 1. The van der Waals surface area contributed by atoms with Crippen molar-refractivity contribution < 1.29 is 14.3 Å². The molecular weight excluding hydrogens is 418 g/mol. The van der Waals surface area contributed by atoms with Crippen LogP contribution in [0.1, 0.15) is 25.0 Å². The molecule has 0 spiro atoms. The summed E-state index contributed by atoms with van der Waals surface area (Å²) in [7, 11) is 0. The van der Waals surface area contributed by atoms with E-state index in [4.69, 9.17) is 4.74 Å². The van der Waals surface area contributed by atoms with Crippen LogP contribution in [0, 0.1) is 5.92 Å². The van der Waals surface area contributed by atoms with Gasteiger partial charge in [0, 0.05) is 5.75 Å². The standard InChI is InChI=1S/C27H25NO3S/c1-19(2)17-31-23-15-13-22(14-16-23)28-26(29)24(21-11-7-4-8-12-21)25(27(28)30)32-18-20-9-5-3-6-10-20/h3-16,19H,17-18H2,1-2H3. The zero-order valence-corrected chi connectivity index (χ0v) is 19.0. The van der Waals surface area contributed by atoms with E-state index >= 15 is 0 Å². The molecule has 3 aromatic rings.